The zero-order valence-electron chi connectivity index (χ0n) is 10.3. The minimum absolute atomic E-state index is 0.00847. The van der Waals surface area contributed by atoms with Gasteiger partial charge in [-0.1, -0.05) is 0 Å². The molecule has 1 aromatic heterocycles. The maximum absolute atomic E-state index is 13.1. The van der Waals surface area contributed by atoms with Gasteiger partial charge in [-0.2, -0.15) is 13.2 Å². The summed E-state index contributed by atoms with van der Waals surface area (Å²) in [7, 11) is 0. The highest BCUT2D eigenvalue weighted by atomic mass is 79.9. The number of nitrogens with two attached hydrogens (primary N) is 1. The zero-order chi connectivity index (χ0) is 14.0. The first kappa shape index (κ1) is 14.6. The van der Waals surface area contributed by atoms with Crippen LogP contribution >= 0.6 is 15.9 Å². The van der Waals surface area contributed by atoms with E-state index in [1.54, 1.807) is 4.90 Å². The number of pyridine rings is 1. The molecule has 0 radical (unpaired) electrons. The van der Waals surface area contributed by atoms with E-state index in [2.05, 4.69) is 20.9 Å². The van der Waals surface area contributed by atoms with Crippen LogP contribution in [0.3, 0.4) is 0 Å². The molecule has 1 saturated heterocycles. The lowest BCUT2D eigenvalue weighted by atomic mass is 10.0. The van der Waals surface area contributed by atoms with Gasteiger partial charge in [0, 0.05) is 29.8 Å². The number of nitrogens with zero attached hydrogens (tertiary/aromatic N) is 2. The molecule has 1 atom stereocenters. The van der Waals surface area contributed by atoms with E-state index in [0.29, 0.717) is 17.6 Å². The van der Waals surface area contributed by atoms with E-state index < -0.39 is 11.7 Å². The number of rotatable bonds is 2. The number of halogens is 4. The smallest absolute Gasteiger partial charge is 0.352 e. The molecule has 0 aliphatic carbocycles. The molecule has 1 fully saturated rings. The summed E-state index contributed by atoms with van der Waals surface area (Å²) < 4.78 is 39.6. The van der Waals surface area contributed by atoms with Crippen LogP contribution in [0.25, 0.3) is 0 Å². The van der Waals surface area contributed by atoms with Gasteiger partial charge >= 0.3 is 6.18 Å². The molecular weight excluding hydrogens is 323 g/mol. The summed E-state index contributed by atoms with van der Waals surface area (Å²) in [6.45, 7) is 0.911. The van der Waals surface area contributed by atoms with E-state index in [4.69, 9.17) is 5.73 Å². The van der Waals surface area contributed by atoms with E-state index in [9.17, 15) is 13.2 Å². The SMILES string of the molecule is NCC1CCCCN1c1ncc(Br)cc1C(F)(F)F. The normalized spacial score (nSPS) is 20.7. The van der Waals surface area contributed by atoms with Crippen LogP contribution in [0.2, 0.25) is 0 Å². The van der Waals surface area contributed by atoms with Gasteiger partial charge in [0.15, 0.2) is 0 Å². The van der Waals surface area contributed by atoms with E-state index in [1.807, 2.05) is 0 Å². The molecule has 106 valence electrons. The monoisotopic (exact) mass is 337 g/mol. The molecule has 0 amide bonds. The molecule has 0 spiro atoms. The maximum atomic E-state index is 13.1. The van der Waals surface area contributed by atoms with Crippen molar-refractivity contribution in [3.63, 3.8) is 0 Å². The molecule has 1 aromatic rings. The molecule has 2 N–H and O–H groups in total. The van der Waals surface area contributed by atoms with E-state index in [1.165, 1.54) is 6.20 Å². The van der Waals surface area contributed by atoms with Crippen LogP contribution in [0.15, 0.2) is 16.7 Å². The average Bonchev–Trinajstić information content (AvgIpc) is 2.37. The number of aromatic nitrogens is 1. The minimum Gasteiger partial charge on any atom is -0.352 e. The summed E-state index contributed by atoms with van der Waals surface area (Å²) in [5, 5.41) is 0. The fraction of sp³-hybridized carbons (Fsp3) is 0.583. The Balaban J connectivity index is 2.43. The molecule has 7 heteroatoms. The van der Waals surface area contributed by atoms with E-state index in [-0.39, 0.29) is 11.9 Å². The second-order valence-corrected chi connectivity index (χ2v) is 5.52. The number of alkyl halides is 3. The number of piperidine rings is 1. The van der Waals surface area contributed by atoms with Crippen LogP contribution in [0.4, 0.5) is 19.0 Å². The first-order chi connectivity index (χ1) is 8.93. The van der Waals surface area contributed by atoms with Crippen molar-refractivity contribution in [3.05, 3.63) is 22.3 Å². The van der Waals surface area contributed by atoms with Crippen molar-refractivity contribution in [1.82, 2.24) is 4.98 Å². The summed E-state index contributed by atoms with van der Waals surface area (Å²) in [5.74, 6) is -0.00847. The first-order valence-electron chi connectivity index (χ1n) is 6.13. The highest BCUT2D eigenvalue weighted by molar-refractivity contribution is 9.10. The Kier molecular flexibility index (Phi) is 4.35. The van der Waals surface area contributed by atoms with Gasteiger partial charge in [0.05, 0.1) is 5.56 Å². The van der Waals surface area contributed by atoms with Crippen LogP contribution in [0, 0.1) is 0 Å². The van der Waals surface area contributed by atoms with Gasteiger partial charge in [-0.05, 0) is 41.3 Å². The van der Waals surface area contributed by atoms with Gasteiger partial charge in [-0.25, -0.2) is 4.98 Å². The summed E-state index contributed by atoms with van der Waals surface area (Å²) in [4.78, 5) is 5.66. The molecule has 1 aliphatic heterocycles. The van der Waals surface area contributed by atoms with Crippen molar-refractivity contribution >= 4 is 21.7 Å². The highest BCUT2D eigenvalue weighted by Gasteiger charge is 2.37. The van der Waals surface area contributed by atoms with Gasteiger partial charge < -0.3 is 10.6 Å². The number of hydrogen-bond acceptors (Lipinski definition) is 3. The Bertz CT molecular complexity index is 450. The molecule has 2 rings (SSSR count). The van der Waals surface area contributed by atoms with Crippen molar-refractivity contribution in [2.75, 3.05) is 18.0 Å². The Morgan fingerprint density at radius 3 is 2.79 bits per heavy atom. The number of hydrogen-bond donors (Lipinski definition) is 1. The first-order valence-corrected chi connectivity index (χ1v) is 6.92. The van der Waals surface area contributed by atoms with Crippen molar-refractivity contribution in [2.24, 2.45) is 5.73 Å². The van der Waals surface area contributed by atoms with Crippen molar-refractivity contribution in [2.45, 2.75) is 31.5 Å². The van der Waals surface area contributed by atoms with Crippen LogP contribution in [-0.4, -0.2) is 24.1 Å². The summed E-state index contributed by atoms with van der Waals surface area (Å²) in [6.07, 6.45) is -0.344. The van der Waals surface area contributed by atoms with Crippen LogP contribution in [0.1, 0.15) is 24.8 Å². The van der Waals surface area contributed by atoms with Crippen LogP contribution in [0.5, 0.6) is 0 Å². The Morgan fingerprint density at radius 1 is 1.42 bits per heavy atom. The molecule has 1 aliphatic rings. The molecule has 19 heavy (non-hydrogen) atoms. The van der Waals surface area contributed by atoms with Gasteiger partial charge in [0.2, 0.25) is 0 Å². The molecule has 1 unspecified atom stereocenters. The van der Waals surface area contributed by atoms with Crippen molar-refractivity contribution in [3.8, 4) is 0 Å². The fourth-order valence-corrected chi connectivity index (χ4v) is 2.73. The maximum Gasteiger partial charge on any atom is 0.419 e. The lowest BCUT2D eigenvalue weighted by Gasteiger charge is -2.37. The van der Waals surface area contributed by atoms with Gasteiger partial charge in [-0.15, -0.1) is 0 Å². The largest absolute Gasteiger partial charge is 0.419 e. The van der Waals surface area contributed by atoms with Gasteiger partial charge in [0.1, 0.15) is 5.82 Å². The molecular formula is C12H15BrF3N3. The van der Waals surface area contributed by atoms with Crippen LogP contribution < -0.4 is 10.6 Å². The highest BCUT2D eigenvalue weighted by Crippen LogP contribution is 2.38. The topological polar surface area (TPSA) is 42.1 Å². The number of anilines is 1. The summed E-state index contributed by atoms with van der Waals surface area (Å²) in [5.41, 5.74) is 4.95. The second kappa shape index (κ2) is 5.66. The van der Waals surface area contributed by atoms with Crippen molar-refractivity contribution < 1.29 is 13.2 Å². The minimum atomic E-state index is -4.41. The molecule has 2 heterocycles. The predicted octanol–water partition coefficient (Wildman–Crippen LogP) is 3.18. The Labute approximate surface area is 118 Å². The molecule has 0 bridgehead atoms. The van der Waals surface area contributed by atoms with Gasteiger partial charge in [-0.3, -0.25) is 0 Å². The van der Waals surface area contributed by atoms with Crippen LogP contribution in [-0.2, 0) is 6.18 Å². The second-order valence-electron chi connectivity index (χ2n) is 4.60. The van der Waals surface area contributed by atoms with E-state index in [0.717, 1.165) is 25.3 Å². The standard InChI is InChI=1S/C12H15BrF3N3/c13-8-5-10(12(14,15)16)11(18-7-8)19-4-2-1-3-9(19)6-17/h5,7,9H,1-4,6,17H2. The predicted molar refractivity (Wildman–Crippen MR) is 71.0 cm³/mol. The third-order valence-electron chi connectivity index (χ3n) is 3.31. The third kappa shape index (κ3) is 3.20. The summed E-state index contributed by atoms with van der Waals surface area (Å²) in [6, 6.07) is 1.01. The lowest BCUT2D eigenvalue weighted by Crippen LogP contribution is -2.45. The molecule has 0 saturated carbocycles. The third-order valence-corrected chi connectivity index (χ3v) is 3.74. The quantitative estimate of drug-likeness (QED) is 0.901. The van der Waals surface area contributed by atoms with E-state index >= 15 is 0 Å². The average molecular weight is 338 g/mol. The lowest BCUT2D eigenvalue weighted by molar-refractivity contribution is -0.137. The van der Waals surface area contributed by atoms with Crippen molar-refractivity contribution in [1.29, 1.82) is 0 Å². The van der Waals surface area contributed by atoms with Gasteiger partial charge in [0.25, 0.3) is 0 Å². The molecule has 0 aromatic carbocycles. The zero-order valence-corrected chi connectivity index (χ0v) is 11.8. The Morgan fingerprint density at radius 2 is 2.16 bits per heavy atom. The fourth-order valence-electron chi connectivity index (χ4n) is 2.39. The Hall–Kier alpha value is -0.820. The summed E-state index contributed by atoms with van der Waals surface area (Å²) >= 11 is 3.04. The molecule has 3 nitrogen and oxygen atoms in total.